The molecule has 2 rings (SSSR count). The van der Waals surface area contributed by atoms with Gasteiger partial charge in [-0.2, -0.15) is 0 Å². The van der Waals surface area contributed by atoms with Gasteiger partial charge in [-0.3, -0.25) is 13.9 Å². The number of para-hydroxylation sites is 1. The van der Waals surface area contributed by atoms with Gasteiger partial charge in [0.2, 0.25) is 21.8 Å². The van der Waals surface area contributed by atoms with Crippen molar-refractivity contribution in [2.45, 2.75) is 45.8 Å². The summed E-state index contributed by atoms with van der Waals surface area (Å²) in [5.41, 5.74) is 0.519. The van der Waals surface area contributed by atoms with Gasteiger partial charge in [-0.25, -0.2) is 12.8 Å². The van der Waals surface area contributed by atoms with Crippen molar-refractivity contribution in [2.24, 2.45) is 0 Å². The molecule has 10 heteroatoms. The smallest absolute Gasteiger partial charge is 0.244 e. The summed E-state index contributed by atoms with van der Waals surface area (Å²) in [6.07, 6.45) is 1.62. The maximum atomic E-state index is 14.4. The predicted molar refractivity (Wildman–Crippen MR) is 131 cm³/mol. The number of carbonyl (C=O) groups excluding carboxylic acids is 2. The minimum atomic E-state index is -3.98. The molecule has 2 amide bonds. The first-order valence-corrected chi connectivity index (χ1v) is 13.1. The fraction of sp³-hybridized carbons (Fsp3) is 0.391. The van der Waals surface area contributed by atoms with Crippen LogP contribution >= 0.6 is 15.9 Å². The van der Waals surface area contributed by atoms with Crippen LogP contribution in [0.4, 0.5) is 10.1 Å². The molecule has 0 bridgehead atoms. The lowest BCUT2D eigenvalue weighted by Gasteiger charge is -2.32. The molecule has 33 heavy (non-hydrogen) atoms. The van der Waals surface area contributed by atoms with Crippen molar-refractivity contribution in [3.63, 3.8) is 0 Å². The van der Waals surface area contributed by atoms with Crippen molar-refractivity contribution in [1.29, 1.82) is 0 Å². The van der Waals surface area contributed by atoms with Crippen molar-refractivity contribution in [3.8, 4) is 0 Å². The first kappa shape index (κ1) is 26.8. The van der Waals surface area contributed by atoms with E-state index in [4.69, 9.17) is 0 Å². The van der Waals surface area contributed by atoms with Gasteiger partial charge in [0.25, 0.3) is 0 Å². The largest absolute Gasteiger partial charge is 0.352 e. The average molecular weight is 542 g/mol. The Hall–Kier alpha value is -2.46. The van der Waals surface area contributed by atoms with Crippen molar-refractivity contribution in [3.05, 3.63) is 64.4 Å². The van der Waals surface area contributed by atoms with Gasteiger partial charge in [-0.1, -0.05) is 47.1 Å². The molecule has 0 unspecified atom stereocenters. The van der Waals surface area contributed by atoms with Crippen LogP contribution in [0.2, 0.25) is 0 Å². The molecule has 0 aromatic heterocycles. The molecule has 0 saturated carbocycles. The summed E-state index contributed by atoms with van der Waals surface area (Å²) < 4.78 is 40.8. The Kier molecular flexibility index (Phi) is 9.42. The second kappa shape index (κ2) is 11.6. The number of halogens is 2. The molecule has 0 fully saturated rings. The van der Waals surface area contributed by atoms with Crippen LogP contribution in [0.1, 0.15) is 32.8 Å². The third-order valence-corrected chi connectivity index (χ3v) is 6.83. The number of nitrogens with one attached hydrogen (secondary N) is 1. The quantitative estimate of drug-likeness (QED) is 0.497. The lowest BCUT2D eigenvalue weighted by atomic mass is 10.1. The molecule has 7 nitrogen and oxygen atoms in total. The molecule has 0 radical (unpaired) electrons. The predicted octanol–water partition coefficient (Wildman–Crippen LogP) is 3.69. The molecule has 2 atom stereocenters. The number of hydrogen-bond donors (Lipinski definition) is 1. The van der Waals surface area contributed by atoms with Crippen LogP contribution in [0.25, 0.3) is 0 Å². The Morgan fingerprint density at radius 1 is 1.12 bits per heavy atom. The van der Waals surface area contributed by atoms with Gasteiger partial charge in [0.1, 0.15) is 18.4 Å². The van der Waals surface area contributed by atoms with Crippen molar-refractivity contribution in [1.82, 2.24) is 10.2 Å². The molecule has 0 aliphatic rings. The van der Waals surface area contributed by atoms with Crippen LogP contribution in [0, 0.1) is 5.82 Å². The summed E-state index contributed by atoms with van der Waals surface area (Å²) in [7, 11) is -3.98. The third kappa shape index (κ3) is 7.53. The zero-order valence-corrected chi connectivity index (χ0v) is 21.5. The molecule has 0 aliphatic carbocycles. The highest BCUT2D eigenvalue weighted by molar-refractivity contribution is 9.10. The Labute approximate surface area is 203 Å². The molecule has 2 aromatic carbocycles. The molecular formula is C23H29BrFN3O4S. The number of nitrogens with zero attached hydrogens (tertiary/aromatic N) is 2. The standard InChI is InChI=1S/C23H29BrFN3O4S/c1-5-16(2)26-23(30)17(3)27(14-18-9-8-10-19(24)13-18)22(29)15-28(33(4,31)32)21-12-7-6-11-20(21)25/h6-13,16-17H,5,14-15H2,1-4H3,(H,26,30)/t16-,17-/m0/s1. The van der Waals surface area contributed by atoms with E-state index in [1.165, 1.54) is 23.1 Å². The lowest BCUT2D eigenvalue weighted by molar-refractivity contribution is -0.139. The minimum Gasteiger partial charge on any atom is -0.352 e. The highest BCUT2D eigenvalue weighted by Crippen LogP contribution is 2.22. The monoisotopic (exact) mass is 541 g/mol. The molecule has 1 N–H and O–H groups in total. The van der Waals surface area contributed by atoms with Crippen LogP contribution in [-0.2, 0) is 26.2 Å². The van der Waals surface area contributed by atoms with Crippen molar-refractivity contribution in [2.75, 3.05) is 17.1 Å². The Balaban J connectivity index is 2.40. The Bertz CT molecular complexity index is 1100. The molecule has 0 saturated heterocycles. The Morgan fingerprint density at radius 3 is 2.36 bits per heavy atom. The topological polar surface area (TPSA) is 86.8 Å². The number of carbonyl (C=O) groups is 2. The van der Waals surface area contributed by atoms with E-state index in [9.17, 15) is 22.4 Å². The highest BCUT2D eigenvalue weighted by Gasteiger charge is 2.31. The van der Waals surface area contributed by atoms with Crippen LogP contribution in [0.5, 0.6) is 0 Å². The number of rotatable bonds is 10. The van der Waals surface area contributed by atoms with Crippen LogP contribution in [0.3, 0.4) is 0 Å². The average Bonchev–Trinajstić information content (AvgIpc) is 2.75. The molecule has 0 heterocycles. The second-order valence-electron chi connectivity index (χ2n) is 7.87. The number of amides is 2. The maximum Gasteiger partial charge on any atom is 0.244 e. The van der Waals surface area contributed by atoms with Gasteiger partial charge in [0.15, 0.2) is 0 Å². The van der Waals surface area contributed by atoms with E-state index in [-0.39, 0.29) is 24.2 Å². The van der Waals surface area contributed by atoms with Gasteiger partial charge in [0, 0.05) is 17.1 Å². The van der Waals surface area contributed by atoms with Crippen LogP contribution in [0.15, 0.2) is 53.0 Å². The minimum absolute atomic E-state index is 0.0717. The number of anilines is 1. The molecule has 0 spiro atoms. The zero-order chi connectivity index (χ0) is 24.8. The Morgan fingerprint density at radius 2 is 1.79 bits per heavy atom. The van der Waals surface area contributed by atoms with Crippen molar-refractivity contribution >= 4 is 43.5 Å². The van der Waals surface area contributed by atoms with Gasteiger partial charge in [0.05, 0.1) is 11.9 Å². The number of benzene rings is 2. The van der Waals surface area contributed by atoms with E-state index in [0.29, 0.717) is 6.42 Å². The van der Waals surface area contributed by atoms with Crippen LogP contribution < -0.4 is 9.62 Å². The highest BCUT2D eigenvalue weighted by atomic mass is 79.9. The second-order valence-corrected chi connectivity index (χ2v) is 10.7. The summed E-state index contributed by atoms with van der Waals surface area (Å²) in [6, 6.07) is 11.6. The SMILES string of the molecule is CC[C@H](C)NC(=O)[C@H](C)N(Cc1cccc(Br)c1)C(=O)CN(c1ccccc1F)S(C)(=O)=O. The first-order chi connectivity index (χ1) is 15.4. The van der Waals surface area contributed by atoms with Crippen molar-refractivity contribution < 1.29 is 22.4 Å². The first-order valence-electron chi connectivity index (χ1n) is 10.5. The van der Waals surface area contributed by atoms with Gasteiger partial charge >= 0.3 is 0 Å². The zero-order valence-electron chi connectivity index (χ0n) is 19.1. The summed E-state index contributed by atoms with van der Waals surface area (Å²) >= 11 is 3.39. The molecule has 0 aliphatic heterocycles. The fourth-order valence-corrected chi connectivity index (χ4v) is 4.43. The molecular weight excluding hydrogens is 513 g/mol. The summed E-state index contributed by atoms with van der Waals surface area (Å²) in [5, 5.41) is 2.85. The summed E-state index contributed by atoms with van der Waals surface area (Å²) in [6.45, 7) is 4.80. The maximum absolute atomic E-state index is 14.4. The van der Waals surface area contributed by atoms with E-state index < -0.39 is 34.3 Å². The lowest BCUT2D eigenvalue weighted by Crippen LogP contribution is -2.52. The van der Waals surface area contributed by atoms with E-state index in [0.717, 1.165) is 26.7 Å². The van der Waals surface area contributed by atoms with Gasteiger partial charge in [-0.15, -0.1) is 0 Å². The number of sulfonamides is 1. The number of hydrogen-bond acceptors (Lipinski definition) is 4. The fourth-order valence-electron chi connectivity index (χ4n) is 3.13. The normalized spacial score (nSPS) is 13.2. The third-order valence-electron chi connectivity index (χ3n) is 5.21. The summed E-state index contributed by atoms with van der Waals surface area (Å²) in [5.74, 6) is -1.75. The van der Waals surface area contributed by atoms with E-state index in [1.807, 2.05) is 26.0 Å². The van der Waals surface area contributed by atoms with Gasteiger partial charge < -0.3 is 10.2 Å². The van der Waals surface area contributed by atoms with Crippen LogP contribution in [-0.4, -0.2) is 50.0 Å². The van der Waals surface area contributed by atoms with E-state index in [1.54, 1.807) is 19.1 Å². The summed E-state index contributed by atoms with van der Waals surface area (Å²) in [4.78, 5) is 27.5. The molecule has 180 valence electrons. The molecule has 2 aromatic rings. The van der Waals surface area contributed by atoms with Gasteiger partial charge in [-0.05, 0) is 50.1 Å². The van der Waals surface area contributed by atoms with E-state index in [2.05, 4.69) is 21.2 Å². The van der Waals surface area contributed by atoms with E-state index >= 15 is 0 Å².